The van der Waals surface area contributed by atoms with E-state index < -0.39 is 0 Å². The normalized spacial score (nSPS) is 13.5. The number of pyridine rings is 1. The second-order valence-corrected chi connectivity index (χ2v) is 14.0. The number of nitrogens with zero attached hydrogens (tertiary/aromatic N) is 4. The van der Waals surface area contributed by atoms with E-state index in [-0.39, 0.29) is 5.91 Å². The van der Waals surface area contributed by atoms with Gasteiger partial charge in [0.25, 0.3) is 0 Å². The Morgan fingerprint density at radius 3 is 2.22 bits per heavy atom. The summed E-state index contributed by atoms with van der Waals surface area (Å²) in [5, 5.41) is 1.96. The number of thiazole rings is 1. The van der Waals surface area contributed by atoms with Crippen molar-refractivity contribution in [2.45, 2.75) is 53.2 Å². The summed E-state index contributed by atoms with van der Waals surface area (Å²) < 4.78 is 17.8. The summed E-state index contributed by atoms with van der Waals surface area (Å²) in [5.41, 5.74) is 9.44. The molecule has 0 N–H and O–H groups in total. The van der Waals surface area contributed by atoms with Crippen molar-refractivity contribution < 1.29 is 19.0 Å². The number of hydrogen-bond donors (Lipinski definition) is 0. The van der Waals surface area contributed by atoms with Gasteiger partial charge >= 0.3 is 0 Å². The van der Waals surface area contributed by atoms with E-state index in [4.69, 9.17) is 14.2 Å². The summed E-state index contributed by atoms with van der Waals surface area (Å²) in [4.78, 5) is 26.1. The minimum absolute atomic E-state index is 0.0361. The van der Waals surface area contributed by atoms with Crippen LogP contribution >= 0.6 is 11.3 Å². The summed E-state index contributed by atoms with van der Waals surface area (Å²) in [6, 6.07) is 24.9. The van der Waals surface area contributed by atoms with E-state index in [1.807, 2.05) is 48.4 Å². The number of carbonyl (C=O) groups excluding carboxylic acids is 1. The lowest BCUT2D eigenvalue weighted by molar-refractivity contribution is -0.127. The lowest BCUT2D eigenvalue weighted by Crippen LogP contribution is -2.47. The van der Waals surface area contributed by atoms with Crippen LogP contribution in [0.3, 0.4) is 0 Å². The molecule has 0 saturated carbocycles. The van der Waals surface area contributed by atoms with Gasteiger partial charge in [-0.25, -0.2) is 9.97 Å². The summed E-state index contributed by atoms with van der Waals surface area (Å²) in [5.74, 6) is 3.37. The molecule has 8 nitrogen and oxygen atoms in total. The minimum Gasteiger partial charge on any atom is -0.493 e. The predicted octanol–water partition coefficient (Wildman–Crippen LogP) is 8.63. The van der Waals surface area contributed by atoms with Crippen LogP contribution in [0.2, 0.25) is 0 Å². The highest BCUT2D eigenvalue weighted by Crippen LogP contribution is 2.30. The van der Waals surface area contributed by atoms with Crippen molar-refractivity contribution in [3.05, 3.63) is 135 Å². The molecular formula is C42H46N4O4S. The molecule has 1 aliphatic heterocycles. The second kappa shape index (κ2) is 17.3. The van der Waals surface area contributed by atoms with Gasteiger partial charge in [0.15, 0.2) is 0 Å². The Balaban J connectivity index is 0.923. The molecule has 3 heterocycles. The van der Waals surface area contributed by atoms with E-state index in [1.54, 1.807) is 35.2 Å². The van der Waals surface area contributed by atoms with Gasteiger partial charge in [0.05, 0.1) is 24.0 Å². The lowest BCUT2D eigenvalue weighted by atomic mass is 10.0. The van der Waals surface area contributed by atoms with E-state index in [1.165, 1.54) is 16.7 Å². The molecule has 5 aromatic rings. The lowest BCUT2D eigenvalue weighted by Gasteiger charge is -2.34. The molecule has 0 atom stereocenters. The molecule has 1 aliphatic rings. The molecule has 9 heteroatoms. The molecular weight excluding hydrogens is 657 g/mol. The topological polar surface area (TPSA) is 77.0 Å². The number of hydrogen-bond acceptors (Lipinski definition) is 8. The maximum absolute atomic E-state index is 13.1. The molecule has 0 spiro atoms. The summed E-state index contributed by atoms with van der Waals surface area (Å²) >= 11 is 1.54. The Morgan fingerprint density at radius 2 is 1.57 bits per heavy atom. The number of carbonyl (C=O) groups is 1. The zero-order valence-corrected chi connectivity index (χ0v) is 30.7. The first-order chi connectivity index (χ1) is 24.8. The number of amides is 1. The van der Waals surface area contributed by atoms with E-state index in [0.717, 1.165) is 59.9 Å². The van der Waals surface area contributed by atoms with Crippen molar-refractivity contribution in [2.75, 3.05) is 32.8 Å². The van der Waals surface area contributed by atoms with Crippen LogP contribution in [0.5, 0.6) is 23.1 Å². The zero-order valence-electron chi connectivity index (χ0n) is 29.9. The molecule has 0 aliphatic carbocycles. The molecule has 0 bridgehead atoms. The largest absolute Gasteiger partial charge is 0.493 e. The maximum Gasteiger partial charge on any atom is 0.246 e. The van der Waals surface area contributed by atoms with E-state index in [9.17, 15) is 4.79 Å². The van der Waals surface area contributed by atoms with Gasteiger partial charge in [-0.1, -0.05) is 50.2 Å². The molecule has 0 radical (unpaired) electrons. The van der Waals surface area contributed by atoms with Crippen molar-refractivity contribution in [3.63, 3.8) is 0 Å². The fourth-order valence-corrected chi connectivity index (χ4v) is 6.57. The number of piperazine rings is 1. The molecule has 3 aromatic carbocycles. The van der Waals surface area contributed by atoms with Gasteiger partial charge in [-0.15, -0.1) is 11.3 Å². The van der Waals surface area contributed by atoms with Gasteiger partial charge in [0, 0.05) is 56.7 Å². The van der Waals surface area contributed by atoms with Gasteiger partial charge in [-0.05, 0) is 89.6 Å². The van der Waals surface area contributed by atoms with Crippen molar-refractivity contribution in [1.82, 2.24) is 19.8 Å². The van der Waals surface area contributed by atoms with E-state index >= 15 is 0 Å². The van der Waals surface area contributed by atoms with Crippen LogP contribution in [0.4, 0.5) is 0 Å². The van der Waals surface area contributed by atoms with E-state index in [2.05, 4.69) is 77.2 Å². The Kier molecular flexibility index (Phi) is 12.1. The summed E-state index contributed by atoms with van der Waals surface area (Å²) in [7, 11) is 0. The predicted molar refractivity (Wildman–Crippen MR) is 204 cm³/mol. The molecule has 264 valence electrons. The third-order valence-corrected chi connectivity index (χ3v) is 9.64. The Bertz CT molecular complexity index is 1860. The van der Waals surface area contributed by atoms with Gasteiger partial charge in [-0.3, -0.25) is 9.69 Å². The van der Waals surface area contributed by atoms with Gasteiger partial charge in [0.2, 0.25) is 11.8 Å². The maximum atomic E-state index is 13.1. The van der Waals surface area contributed by atoms with E-state index in [0.29, 0.717) is 43.9 Å². The summed E-state index contributed by atoms with van der Waals surface area (Å²) in [6.45, 7) is 13.5. The first-order valence-electron chi connectivity index (χ1n) is 17.5. The highest BCUT2D eigenvalue weighted by molar-refractivity contribution is 7.07. The van der Waals surface area contributed by atoms with Crippen molar-refractivity contribution in [3.8, 4) is 23.1 Å². The van der Waals surface area contributed by atoms with Crippen LogP contribution in [0, 0.1) is 13.8 Å². The van der Waals surface area contributed by atoms with Crippen LogP contribution in [0.15, 0.2) is 96.0 Å². The quantitative estimate of drug-likeness (QED) is 0.107. The number of aryl methyl sites for hydroxylation is 2. The monoisotopic (exact) mass is 702 g/mol. The van der Waals surface area contributed by atoms with Crippen molar-refractivity contribution >= 4 is 23.3 Å². The highest BCUT2D eigenvalue weighted by Gasteiger charge is 2.20. The van der Waals surface area contributed by atoms with Crippen molar-refractivity contribution in [2.24, 2.45) is 0 Å². The smallest absolute Gasteiger partial charge is 0.246 e. The van der Waals surface area contributed by atoms with Crippen molar-refractivity contribution in [1.29, 1.82) is 0 Å². The molecule has 1 amide bonds. The standard InChI is InChI=1S/C42H46N4O4S/c1-30(2)36-10-12-38(13-11-36)48-22-17-33-5-7-34(8-6-33)26-45-18-20-46(21-19-45)41(47)16-9-35-23-31(3)42(32(4)24-35)50-40-15-14-39(25-43-40)49-27-37-28-51-29-44-37/h5-16,23-25,28-30H,17-22,26-27H2,1-4H3. The van der Waals surface area contributed by atoms with Gasteiger partial charge < -0.3 is 19.1 Å². The molecule has 6 rings (SSSR count). The Hall–Kier alpha value is -4.99. The molecule has 1 saturated heterocycles. The average molecular weight is 703 g/mol. The number of benzene rings is 3. The molecule has 0 unspecified atom stereocenters. The first-order valence-corrected chi connectivity index (χ1v) is 18.5. The summed E-state index contributed by atoms with van der Waals surface area (Å²) in [6.07, 6.45) is 6.09. The minimum atomic E-state index is 0.0361. The fourth-order valence-electron chi connectivity index (χ4n) is 6.03. The van der Waals surface area contributed by atoms with Crippen LogP contribution in [-0.4, -0.2) is 58.5 Å². The third kappa shape index (κ3) is 10.3. The van der Waals surface area contributed by atoms with Crippen LogP contribution in [-0.2, 0) is 24.4 Å². The fraction of sp³-hybridized carbons (Fsp3) is 0.310. The number of rotatable bonds is 14. The Morgan fingerprint density at radius 1 is 0.863 bits per heavy atom. The average Bonchev–Trinajstić information content (AvgIpc) is 3.67. The van der Waals surface area contributed by atoms with Crippen LogP contribution in [0.1, 0.15) is 58.8 Å². The second-order valence-electron chi connectivity index (χ2n) is 13.3. The number of ether oxygens (including phenoxy) is 3. The first kappa shape index (κ1) is 35.8. The highest BCUT2D eigenvalue weighted by atomic mass is 32.1. The zero-order chi connectivity index (χ0) is 35.6. The molecule has 1 fully saturated rings. The van der Waals surface area contributed by atoms with Gasteiger partial charge in [-0.2, -0.15) is 0 Å². The molecule has 2 aromatic heterocycles. The molecule has 51 heavy (non-hydrogen) atoms. The number of aromatic nitrogens is 2. The third-order valence-electron chi connectivity index (χ3n) is 9.01. The van der Waals surface area contributed by atoms with Crippen LogP contribution in [0.25, 0.3) is 6.08 Å². The van der Waals surface area contributed by atoms with Gasteiger partial charge in [0.1, 0.15) is 23.9 Å². The SMILES string of the molecule is Cc1cc(C=CC(=O)N2CCN(Cc3ccc(CCOc4ccc(C(C)C)cc4)cc3)CC2)cc(C)c1Oc1ccc(OCc2cscn2)cn1. The Labute approximate surface area is 305 Å². The van der Waals surface area contributed by atoms with Crippen LogP contribution < -0.4 is 14.2 Å².